The highest BCUT2D eigenvalue weighted by atomic mass is 35.5. The van der Waals surface area contributed by atoms with Crippen LogP contribution < -0.4 is 5.73 Å². The largest absolute Gasteiger partial charge is 0.411 e. The fraction of sp³-hybridized carbons (Fsp3) is 0.429. The molecule has 2 atom stereocenters. The molecule has 0 spiro atoms. The zero-order valence-corrected chi connectivity index (χ0v) is 13.9. The maximum Gasteiger partial charge on any atom is 0.335 e. The van der Waals surface area contributed by atoms with E-state index in [2.05, 4.69) is 10.2 Å². The molecular formula is C14H18ClN3O3S. The van der Waals surface area contributed by atoms with Gasteiger partial charge in [0.2, 0.25) is 15.7 Å². The fourth-order valence-corrected chi connectivity index (χ4v) is 3.10. The van der Waals surface area contributed by atoms with Gasteiger partial charge in [-0.2, -0.15) is 0 Å². The predicted molar refractivity (Wildman–Crippen MR) is 83.0 cm³/mol. The first-order valence-electron chi connectivity index (χ1n) is 6.89. The first-order chi connectivity index (χ1) is 10.3. The lowest BCUT2D eigenvalue weighted by Crippen LogP contribution is -2.18. The maximum absolute atomic E-state index is 12.3. The number of aromatic nitrogens is 2. The van der Waals surface area contributed by atoms with Crippen LogP contribution in [0.15, 0.2) is 33.9 Å². The lowest BCUT2D eigenvalue weighted by molar-refractivity contribution is 0.327. The number of hydrogen-bond donors (Lipinski definition) is 1. The Morgan fingerprint density at radius 3 is 2.50 bits per heavy atom. The molecule has 22 heavy (non-hydrogen) atoms. The Hall–Kier alpha value is -1.44. The van der Waals surface area contributed by atoms with Crippen LogP contribution in [0.4, 0.5) is 0 Å². The van der Waals surface area contributed by atoms with Gasteiger partial charge in [-0.15, -0.1) is 5.10 Å². The molecule has 120 valence electrons. The van der Waals surface area contributed by atoms with Crippen molar-refractivity contribution in [1.29, 1.82) is 0 Å². The molecule has 0 fully saturated rings. The predicted octanol–water partition coefficient (Wildman–Crippen LogP) is 2.74. The summed E-state index contributed by atoms with van der Waals surface area (Å²) in [5.41, 5.74) is 6.56. The summed E-state index contributed by atoms with van der Waals surface area (Å²) in [6, 6.07) is 6.07. The van der Waals surface area contributed by atoms with E-state index in [0.29, 0.717) is 10.6 Å². The Morgan fingerprint density at radius 2 is 1.91 bits per heavy atom. The summed E-state index contributed by atoms with van der Waals surface area (Å²) in [4.78, 5) is 0. The number of nitrogens with zero attached hydrogens (tertiary/aromatic N) is 2. The smallest absolute Gasteiger partial charge is 0.335 e. The van der Waals surface area contributed by atoms with Crippen LogP contribution in [-0.4, -0.2) is 18.6 Å². The summed E-state index contributed by atoms with van der Waals surface area (Å²) in [6.07, 6.45) is 0.830. The Morgan fingerprint density at radius 1 is 1.27 bits per heavy atom. The second-order valence-electron chi connectivity index (χ2n) is 5.20. The van der Waals surface area contributed by atoms with Crippen molar-refractivity contribution in [3.8, 4) is 0 Å². The molecule has 1 aromatic heterocycles. The van der Waals surface area contributed by atoms with E-state index in [1.807, 2.05) is 13.8 Å². The molecule has 0 unspecified atom stereocenters. The number of sulfone groups is 1. The normalized spacial score (nSPS) is 14.7. The molecule has 1 aromatic carbocycles. The van der Waals surface area contributed by atoms with E-state index in [9.17, 15) is 8.42 Å². The van der Waals surface area contributed by atoms with Gasteiger partial charge in [0, 0.05) is 5.02 Å². The molecule has 8 heteroatoms. The monoisotopic (exact) mass is 343 g/mol. The van der Waals surface area contributed by atoms with Crippen molar-refractivity contribution in [1.82, 2.24) is 10.2 Å². The highest BCUT2D eigenvalue weighted by Crippen LogP contribution is 2.23. The Kier molecular flexibility index (Phi) is 5.20. The fourth-order valence-electron chi connectivity index (χ4n) is 1.84. The minimum Gasteiger partial charge on any atom is -0.411 e. The average Bonchev–Trinajstić information content (AvgIpc) is 2.98. The summed E-state index contributed by atoms with van der Waals surface area (Å²) in [6.45, 7) is 3.93. The molecule has 0 saturated heterocycles. The molecule has 0 aliphatic carbocycles. The number of halogens is 1. The lowest BCUT2D eigenvalue weighted by Gasteiger charge is -2.13. The standard InChI is InChI=1S/C14H18ClN3O3S/c1-3-9(2)12(16)13-17-18-14(21-13)22(19,20)8-10-4-6-11(15)7-5-10/h4-7,9,12H,3,8,16H2,1-2H3/t9-,12+/m1/s1. The number of hydrogen-bond acceptors (Lipinski definition) is 6. The summed E-state index contributed by atoms with van der Waals surface area (Å²) in [5.74, 6) is 0.0287. The van der Waals surface area contributed by atoms with Gasteiger partial charge in [0.15, 0.2) is 0 Å². The van der Waals surface area contributed by atoms with Crippen LogP contribution in [0.5, 0.6) is 0 Å². The Labute approximate surface area is 134 Å². The SMILES string of the molecule is CC[C@@H](C)[C@H](N)c1nnc(S(=O)(=O)Cc2ccc(Cl)cc2)o1. The van der Waals surface area contributed by atoms with Gasteiger partial charge in [-0.25, -0.2) is 8.42 Å². The molecule has 0 aliphatic rings. The van der Waals surface area contributed by atoms with E-state index >= 15 is 0 Å². The van der Waals surface area contributed by atoms with Gasteiger partial charge >= 0.3 is 5.22 Å². The molecule has 2 rings (SSSR count). The van der Waals surface area contributed by atoms with Crippen LogP contribution in [0, 0.1) is 5.92 Å². The van der Waals surface area contributed by atoms with E-state index in [0.717, 1.165) is 6.42 Å². The number of benzene rings is 1. The highest BCUT2D eigenvalue weighted by molar-refractivity contribution is 7.90. The third kappa shape index (κ3) is 3.85. The minimum absolute atomic E-state index is 0.118. The summed E-state index contributed by atoms with van der Waals surface area (Å²) in [7, 11) is -3.71. The summed E-state index contributed by atoms with van der Waals surface area (Å²) in [5, 5.41) is 7.53. The van der Waals surface area contributed by atoms with E-state index in [-0.39, 0.29) is 17.6 Å². The molecule has 6 nitrogen and oxygen atoms in total. The third-order valence-corrected chi connectivity index (χ3v) is 5.16. The van der Waals surface area contributed by atoms with E-state index in [1.54, 1.807) is 24.3 Å². The van der Waals surface area contributed by atoms with Crippen molar-refractivity contribution in [3.05, 3.63) is 40.7 Å². The third-order valence-electron chi connectivity index (χ3n) is 3.50. The number of rotatable bonds is 6. The van der Waals surface area contributed by atoms with Crippen LogP contribution in [-0.2, 0) is 15.6 Å². The van der Waals surface area contributed by atoms with E-state index in [1.165, 1.54) is 0 Å². The topological polar surface area (TPSA) is 99.1 Å². The molecule has 0 amide bonds. The van der Waals surface area contributed by atoms with Crippen LogP contribution >= 0.6 is 11.6 Å². The van der Waals surface area contributed by atoms with Gasteiger partial charge in [-0.3, -0.25) is 0 Å². The molecule has 2 aromatic rings. The second kappa shape index (κ2) is 6.76. The van der Waals surface area contributed by atoms with E-state index < -0.39 is 21.1 Å². The quantitative estimate of drug-likeness (QED) is 0.865. The molecule has 2 N–H and O–H groups in total. The van der Waals surface area contributed by atoms with Crippen molar-refractivity contribution in [2.75, 3.05) is 0 Å². The summed E-state index contributed by atoms with van der Waals surface area (Å²) < 4.78 is 29.9. The van der Waals surface area contributed by atoms with E-state index in [4.69, 9.17) is 21.8 Å². The van der Waals surface area contributed by atoms with Crippen molar-refractivity contribution >= 4 is 21.4 Å². The Bertz CT molecular complexity index is 728. The molecule has 0 radical (unpaired) electrons. The van der Waals surface area contributed by atoms with Crippen LogP contribution in [0.25, 0.3) is 0 Å². The van der Waals surface area contributed by atoms with Crippen molar-refractivity contribution in [2.24, 2.45) is 11.7 Å². The van der Waals surface area contributed by atoms with Crippen LogP contribution in [0.2, 0.25) is 5.02 Å². The van der Waals surface area contributed by atoms with Crippen molar-refractivity contribution < 1.29 is 12.8 Å². The Balaban J connectivity index is 2.20. The van der Waals surface area contributed by atoms with Gasteiger partial charge < -0.3 is 10.2 Å². The second-order valence-corrected chi connectivity index (χ2v) is 7.51. The number of nitrogens with two attached hydrogens (primary N) is 1. The van der Waals surface area contributed by atoms with Crippen LogP contribution in [0.1, 0.15) is 37.8 Å². The van der Waals surface area contributed by atoms with Gasteiger partial charge in [-0.05, 0) is 23.6 Å². The molecule has 1 heterocycles. The van der Waals surface area contributed by atoms with Gasteiger partial charge in [0.05, 0.1) is 11.8 Å². The summed E-state index contributed by atoms with van der Waals surface area (Å²) >= 11 is 5.78. The minimum atomic E-state index is -3.71. The lowest BCUT2D eigenvalue weighted by atomic mass is 10.0. The molecule has 0 bridgehead atoms. The van der Waals surface area contributed by atoms with Crippen LogP contribution in [0.3, 0.4) is 0 Å². The zero-order chi connectivity index (χ0) is 16.3. The van der Waals surface area contributed by atoms with Crippen molar-refractivity contribution in [2.45, 2.75) is 37.3 Å². The maximum atomic E-state index is 12.3. The first kappa shape index (κ1) is 16.9. The highest BCUT2D eigenvalue weighted by Gasteiger charge is 2.26. The molecular weight excluding hydrogens is 326 g/mol. The average molecular weight is 344 g/mol. The van der Waals surface area contributed by atoms with Gasteiger partial charge in [0.25, 0.3) is 0 Å². The zero-order valence-electron chi connectivity index (χ0n) is 12.4. The molecule has 0 saturated carbocycles. The van der Waals surface area contributed by atoms with Gasteiger partial charge in [0.1, 0.15) is 0 Å². The molecule has 0 aliphatic heterocycles. The van der Waals surface area contributed by atoms with Crippen molar-refractivity contribution in [3.63, 3.8) is 0 Å². The first-order valence-corrected chi connectivity index (χ1v) is 8.92. The van der Waals surface area contributed by atoms with Gasteiger partial charge in [-0.1, -0.05) is 49.1 Å².